The fourth-order valence-corrected chi connectivity index (χ4v) is 0.734. The smallest absolute Gasteiger partial charge is 0.117 e. The van der Waals surface area contributed by atoms with E-state index < -0.39 is 0 Å². The lowest BCUT2D eigenvalue weighted by molar-refractivity contribution is 0.199. The van der Waals surface area contributed by atoms with Crippen LogP contribution in [0.4, 0.5) is 0 Å². The summed E-state index contributed by atoms with van der Waals surface area (Å²) in [4.78, 5) is 4.06. The third-order valence-electron chi connectivity index (χ3n) is 1.26. The maximum Gasteiger partial charge on any atom is 0.117 e. The molecule has 0 aromatic carbocycles. The predicted octanol–water partition coefficient (Wildman–Crippen LogP) is 2.87. The van der Waals surface area contributed by atoms with Crippen LogP contribution in [0.2, 0.25) is 0 Å². The molecular formula is C9H17NOS. The quantitative estimate of drug-likeness (QED) is 0.311. The maximum atomic E-state index is 5.37. The van der Waals surface area contributed by atoms with E-state index in [0.29, 0.717) is 12.5 Å². The van der Waals surface area contributed by atoms with E-state index in [9.17, 15) is 0 Å². The van der Waals surface area contributed by atoms with Crippen LogP contribution in [-0.4, -0.2) is 11.7 Å². The molecule has 0 aliphatic carbocycles. The number of allylic oxidation sites excluding steroid dienone is 1. The number of ether oxygens (including phenoxy) is 1. The van der Waals surface area contributed by atoms with E-state index in [0.717, 1.165) is 10.8 Å². The standard InChI is InChI=1S/C9H17NOS/c1-5-11-9(7(2)3)6-10-8(4)12/h6-7H,5H2,1-4H3,(H,10,12)/b9-6+. The number of nitrogens with zero attached hydrogens (tertiary/aromatic N) is 1. The van der Waals surface area contributed by atoms with Crippen LogP contribution in [0.25, 0.3) is 0 Å². The normalized spacial score (nSPS) is 13.8. The van der Waals surface area contributed by atoms with Gasteiger partial charge in [-0.15, -0.1) is 12.6 Å². The number of rotatable bonds is 4. The first-order valence-electron chi connectivity index (χ1n) is 4.14. The van der Waals surface area contributed by atoms with Gasteiger partial charge in [0, 0.05) is 5.92 Å². The van der Waals surface area contributed by atoms with Crippen molar-refractivity contribution >= 4 is 17.7 Å². The van der Waals surface area contributed by atoms with Crippen LogP contribution in [0.1, 0.15) is 27.7 Å². The SMILES string of the molecule is CCO/C(=C/N=C(\C)S)C(C)C. The van der Waals surface area contributed by atoms with Gasteiger partial charge in [-0.05, 0) is 13.8 Å². The Morgan fingerprint density at radius 1 is 1.58 bits per heavy atom. The van der Waals surface area contributed by atoms with Crippen molar-refractivity contribution in [1.82, 2.24) is 0 Å². The van der Waals surface area contributed by atoms with Crippen LogP contribution in [0.5, 0.6) is 0 Å². The van der Waals surface area contributed by atoms with Crippen molar-refractivity contribution in [2.45, 2.75) is 27.7 Å². The molecule has 0 aliphatic rings. The van der Waals surface area contributed by atoms with Crippen molar-refractivity contribution in [2.24, 2.45) is 10.9 Å². The molecule has 70 valence electrons. The van der Waals surface area contributed by atoms with E-state index in [1.165, 1.54) is 0 Å². The van der Waals surface area contributed by atoms with Crippen LogP contribution < -0.4 is 0 Å². The molecule has 12 heavy (non-hydrogen) atoms. The summed E-state index contributed by atoms with van der Waals surface area (Å²) in [5, 5.41) is 0.743. The zero-order valence-electron chi connectivity index (χ0n) is 8.16. The second-order valence-electron chi connectivity index (χ2n) is 2.80. The molecule has 0 aromatic heterocycles. The van der Waals surface area contributed by atoms with E-state index >= 15 is 0 Å². The van der Waals surface area contributed by atoms with Crippen LogP contribution in [0.15, 0.2) is 17.0 Å². The monoisotopic (exact) mass is 187 g/mol. The van der Waals surface area contributed by atoms with Gasteiger partial charge in [0.1, 0.15) is 5.76 Å². The zero-order valence-corrected chi connectivity index (χ0v) is 9.06. The lowest BCUT2D eigenvalue weighted by Crippen LogP contribution is -1.99. The van der Waals surface area contributed by atoms with Gasteiger partial charge in [-0.2, -0.15) is 0 Å². The fraction of sp³-hybridized carbons (Fsp3) is 0.667. The topological polar surface area (TPSA) is 21.6 Å². The summed E-state index contributed by atoms with van der Waals surface area (Å²) >= 11 is 4.06. The number of thiol groups is 1. The molecule has 3 heteroatoms. The van der Waals surface area contributed by atoms with Gasteiger partial charge in [-0.3, -0.25) is 4.99 Å². The predicted molar refractivity (Wildman–Crippen MR) is 56.6 cm³/mol. The van der Waals surface area contributed by atoms with E-state index in [4.69, 9.17) is 4.74 Å². The molecule has 0 amide bonds. The van der Waals surface area contributed by atoms with Crippen LogP contribution in [0.3, 0.4) is 0 Å². The zero-order chi connectivity index (χ0) is 9.56. The average Bonchev–Trinajstić information content (AvgIpc) is 1.96. The Kier molecular flexibility index (Phi) is 5.89. The summed E-state index contributed by atoms with van der Waals surface area (Å²) in [5.74, 6) is 1.28. The van der Waals surface area contributed by atoms with Gasteiger partial charge in [0.15, 0.2) is 0 Å². The Balaban J connectivity index is 4.28. The highest BCUT2D eigenvalue weighted by molar-refractivity contribution is 7.96. The number of hydrogen-bond donors (Lipinski definition) is 1. The van der Waals surface area contributed by atoms with E-state index in [-0.39, 0.29) is 0 Å². The Morgan fingerprint density at radius 2 is 2.17 bits per heavy atom. The summed E-state index contributed by atoms with van der Waals surface area (Å²) in [6.07, 6.45) is 1.73. The van der Waals surface area contributed by atoms with Gasteiger partial charge in [-0.25, -0.2) is 0 Å². The lowest BCUT2D eigenvalue weighted by Gasteiger charge is -2.10. The third kappa shape index (κ3) is 5.24. The molecule has 0 aliphatic heterocycles. The van der Waals surface area contributed by atoms with Crippen LogP contribution in [0, 0.1) is 5.92 Å². The van der Waals surface area contributed by atoms with Crippen molar-refractivity contribution in [2.75, 3.05) is 6.61 Å². The molecule has 0 saturated heterocycles. The molecular weight excluding hydrogens is 170 g/mol. The summed E-state index contributed by atoms with van der Waals surface area (Å²) in [6, 6.07) is 0. The Morgan fingerprint density at radius 3 is 2.50 bits per heavy atom. The van der Waals surface area contributed by atoms with E-state index in [1.807, 2.05) is 13.8 Å². The van der Waals surface area contributed by atoms with Gasteiger partial charge in [-0.1, -0.05) is 13.8 Å². The van der Waals surface area contributed by atoms with E-state index in [2.05, 4.69) is 31.5 Å². The molecule has 0 N–H and O–H groups in total. The molecule has 0 bridgehead atoms. The second kappa shape index (κ2) is 6.12. The largest absolute Gasteiger partial charge is 0.496 e. The van der Waals surface area contributed by atoms with Crippen molar-refractivity contribution in [3.8, 4) is 0 Å². The average molecular weight is 187 g/mol. The van der Waals surface area contributed by atoms with Gasteiger partial charge in [0.2, 0.25) is 0 Å². The van der Waals surface area contributed by atoms with Gasteiger partial charge < -0.3 is 4.74 Å². The minimum Gasteiger partial charge on any atom is -0.496 e. The molecule has 0 unspecified atom stereocenters. The molecule has 0 radical (unpaired) electrons. The fourth-order valence-electron chi connectivity index (χ4n) is 0.677. The first-order chi connectivity index (χ1) is 5.57. The highest BCUT2D eigenvalue weighted by Crippen LogP contribution is 2.10. The van der Waals surface area contributed by atoms with Gasteiger partial charge in [0.25, 0.3) is 0 Å². The number of hydrogen-bond acceptors (Lipinski definition) is 2. The van der Waals surface area contributed by atoms with Gasteiger partial charge >= 0.3 is 0 Å². The van der Waals surface area contributed by atoms with Crippen molar-refractivity contribution < 1.29 is 4.74 Å². The number of aliphatic imine (C=N–C) groups is 1. The first-order valence-corrected chi connectivity index (χ1v) is 4.58. The molecule has 0 heterocycles. The molecule has 0 rings (SSSR count). The van der Waals surface area contributed by atoms with Gasteiger partial charge in [0.05, 0.1) is 17.9 Å². The van der Waals surface area contributed by atoms with Crippen molar-refractivity contribution in [3.63, 3.8) is 0 Å². The van der Waals surface area contributed by atoms with E-state index in [1.54, 1.807) is 6.20 Å². The highest BCUT2D eigenvalue weighted by atomic mass is 32.1. The summed E-state index contributed by atoms with van der Waals surface area (Å²) in [5.41, 5.74) is 0. The Hall–Kier alpha value is -0.440. The lowest BCUT2D eigenvalue weighted by atomic mass is 10.2. The maximum absolute atomic E-state index is 5.37. The molecule has 0 spiro atoms. The van der Waals surface area contributed by atoms with Crippen LogP contribution in [-0.2, 0) is 4.74 Å². The third-order valence-corrected chi connectivity index (χ3v) is 1.37. The van der Waals surface area contributed by atoms with Crippen LogP contribution >= 0.6 is 12.6 Å². The first kappa shape index (κ1) is 11.6. The molecule has 0 aromatic rings. The minimum absolute atomic E-state index is 0.376. The molecule has 2 nitrogen and oxygen atoms in total. The van der Waals surface area contributed by atoms with Crippen molar-refractivity contribution in [3.05, 3.63) is 12.0 Å². The Labute approximate surface area is 80.1 Å². The molecule has 0 fully saturated rings. The summed E-state index contributed by atoms with van der Waals surface area (Å²) in [7, 11) is 0. The highest BCUT2D eigenvalue weighted by Gasteiger charge is 2.01. The second-order valence-corrected chi connectivity index (χ2v) is 3.44. The molecule has 0 atom stereocenters. The summed E-state index contributed by atoms with van der Waals surface area (Å²) < 4.78 is 5.37. The Bertz CT molecular complexity index is 181. The molecule has 0 saturated carbocycles. The minimum atomic E-state index is 0.376. The summed E-state index contributed by atoms with van der Waals surface area (Å²) in [6.45, 7) is 8.64. The van der Waals surface area contributed by atoms with Crippen molar-refractivity contribution in [1.29, 1.82) is 0 Å².